The number of carbonyl (C=O) groups is 1. The minimum atomic E-state index is -2.29. The van der Waals surface area contributed by atoms with Gasteiger partial charge in [-0.3, -0.25) is 4.79 Å². The number of aryl methyl sites for hydroxylation is 2. The van der Waals surface area contributed by atoms with Gasteiger partial charge in [0.05, 0.1) is 11.3 Å². The topological polar surface area (TPSA) is 76.2 Å². The SMILES string of the molecule is CCC(C)C(=O)/C=C(\O)C(C)CC.[2H]C([2H])([2H])c1ccc2c(n1)oc1c(-c3cc(-c4ccccc4C)ccn3)[c-]ccc12.[Ir]. The molecule has 0 saturated heterocycles. The average molecular weight is 729 g/mol. The van der Waals surface area contributed by atoms with Gasteiger partial charge in [-0.15, -0.1) is 18.2 Å². The first-order valence-electron chi connectivity index (χ1n) is 15.2. The van der Waals surface area contributed by atoms with E-state index in [4.69, 9.17) is 8.53 Å². The van der Waals surface area contributed by atoms with Crippen LogP contribution in [0.3, 0.4) is 0 Å². The van der Waals surface area contributed by atoms with Crippen LogP contribution in [0.5, 0.6) is 0 Å². The minimum absolute atomic E-state index is 0. The summed E-state index contributed by atoms with van der Waals surface area (Å²) >= 11 is 0. The first-order valence-corrected chi connectivity index (χ1v) is 13.7. The number of aliphatic hydroxyl groups excluding tert-OH is 1. The van der Waals surface area contributed by atoms with Gasteiger partial charge in [0.2, 0.25) is 5.71 Å². The van der Waals surface area contributed by atoms with Gasteiger partial charge in [-0.25, -0.2) is 4.98 Å². The molecular weight excluding hydrogens is 689 g/mol. The van der Waals surface area contributed by atoms with Crippen LogP contribution in [-0.4, -0.2) is 20.9 Å². The van der Waals surface area contributed by atoms with Crippen LogP contribution in [0.25, 0.3) is 44.5 Å². The van der Waals surface area contributed by atoms with Crippen LogP contribution < -0.4 is 0 Å². The maximum absolute atomic E-state index is 11.4. The summed E-state index contributed by atoms with van der Waals surface area (Å²) in [4.78, 5) is 20.1. The summed E-state index contributed by atoms with van der Waals surface area (Å²) in [6.07, 6.45) is 4.83. The molecule has 0 amide bonds. The first kappa shape index (κ1) is 27.6. The Morgan fingerprint density at radius 2 is 1.83 bits per heavy atom. The van der Waals surface area contributed by atoms with Crippen LogP contribution in [0, 0.1) is 31.7 Å². The molecule has 2 atom stereocenters. The molecule has 41 heavy (non-hydrogen) atoms. The smallest absolute Gasteiger partial charge is 0.216 e. The maximum atomic E-state index is 11.4. The number of aromatic nitrogens is 2. The second kappa shape index (κ2) is 14.3. The summed E-state index contributed by atoms with van der Waals surface area (Å²) in [5.41, 5.74) is 5.74. The summed E-state index contributed by atoms with van der Waals surface area (Å²) in [7, 11) is 0. The van der Waals surface area contributed by atoms with E-state index in [0.29, 0.717) is 11.3 Å². The third-order valence-corrected chi connectivity index (χ3v) is 7.28. The zero-order valence-corrected chi connectivity index (χ0v) is 26.4. The number of hydrogen-bond donors (Lipinski definition) is 1. The van der Waals surface area contributed by atoms with Crippen molar-refractivity contribution in [2.24, 2.45) is 11.8 Å². The molecule has 5 nitrogen and oxygen atoms in total. The van der Waals surface area contributed by atoms with E-state index in [1.54, 1.807) is 12.3 Å². The molecule has 0 fully saturated rings. The van der Waals surface area contributed by atoms with Crippen LogP contribution in [-0.2, 0) is 24.9 Å². The van der Waals surface area contributed by atoms with Gasteiger partial charge in [0, 0.05) is 59.4 Å². The monoisotopic (exact) mass is 729 g/mol. The summed E-state index contributed by atoms with van der Waals surface area (Å²) in [6, 6.07) is 22.4. The number of furan rings is 1. The van der Waals surface area contributed by atoms with Crippen molar-refractivity contribution in [3.8, 4) is 22.4 Å². The molecule has 0 aliphatic carbocycles. The summed E-state index contributed by atoms with van der Waals surface area (Å²) in [6.45, 7) is 7.54. The maximum Gasteiger partial charge on any atom is 0.216 e. The molecule has 3 heterocycles. The van der Waals surface area contributed by atoms with E-state index in [2.05, 4.69) is 35.1 Å². The van der Waals surface area contributed by atoms with E-state index in [-0.39, 0.29) is 49.2 Å². The molecule has 0 saturated carbocycles. The predicted molar refractivity (Wildman–Crippen MR) is 163 cm³/mol. The number of rotatable bonds is 7. The van der Waals surface area contributed by atoms with Crippen molar-refractivity contribution in [3.05, 3.63) is 96.0 Å². The number of benzene rings is 2. The Morgan fingerprint density at radius 3 is 2.54 bits per heavy atom. The third-order valence-electron chi connectivity index (χ3n) is 7.28. The van der Waals surface area contributed by atoms with Gasteiger partial charge in [-0.1, -0.05) is 69.0 Å². The predicted octanol–water partition coefficient (Wildman–Crippen LogP) is 9.21. The van der Waals surface area contributed by atoms with Crippen LogP contribution in [0.1, 0.15) is 55.9 Å². The van der Waals surface area contributed by atoms with Crippen LogP contribution in [0.15, 0.2) is 83.1 Å². The van der Waals surface area contributed by atoms with Crippen LogP contribution in [0.4, 0.5) is 0 Å². The van der Waals surface area contributed by atoms with Crippen molar-refractivity contribution < 1.29 is 38.5 Å². The fourth-order valence-corrected chi connectivity index (χ4v) is 4.28. The van der Waals surface area contributed by atoms with Gasteiger partial charge in [0.25, 0.3) is 0 Å². The summed E-state index contributed by atoms with van der Waals surface area (Å²) in [5.74, 6) is 0.354. The fourth-order valence-electron chi connectivity index (χ4n) is 4.28. The molecule has 0 aliphatic rings. The van der Waals surface area contributed by atoms with Crippen molar-refractivity contribution in [2.45, 2.75) is 54.3 Å². The third kappa shape index (κ3) is 7.38. The fraction of sp³-hybridized carbons (Fsp3) is 0.286. The van der Waals surface area contributed by atoms with Gasteiger partial charge in [-0.2, -0.15) is 0 Å². The van der Waals surface area contributed by atoms with E-state index in [9.17, 15) is 9.90 Å². The molecule has 215 valence electrons. The van der Waals surface area contributed by atoms with Crippen molar-refractivity contribution in [2.75, 3.05) is 0 Å². The number of allylic oxidation sites excluding steroid dienone is 2. The van der Waals surface area contributed by atoms with Crippen LogP contribution >= 0.6 is 0 Å². The Kier molecular flexibility index (Phi) is 9.64. The summed E-state index contributed by atoms with van der Waals surface area (Å²) in [5, 5.41) is 11.1. The Morgan fingerprint density at radius 1 is 1.07 bits per heavy atom. The van der Waals surface area contributed by atoms with Gasteiger partial charge in [0.15, 0.2) is 5.78 Å². The number of aliphatic hydroxyl groups is 1. The Balaban J connectivity index is 0.000000324. The Hall–Kier alpha value is -3.60. The Bertz CT molecular complexity index is 1780. The largest absolute Gasteiger partial charge is 0.512 e. The Labute approximate surface area is 260 Å². The van der Waals surface area contributed by atoms with E-state index < -0.39 is 6.85 Å². The molecule has 0 aliphatic heterocycles. The minimum Gasteiger partial charge on any atom is -0.512 e. The van der Waals surface area contributed by atoms with E-state index in [1.165, 1.54) is 17.7 Å². The van der Waals surface area contributed by atoms with Gasteiger partial charge in [0.1, 0.15) is 0 Å². The average Bonchev–Trinajstić information content (AvgIpc) is 3.38. The quantitative estimate of drug-likeness (QED) is 0.103. The zero-order valence-electron chi connectivity index (χ0n) is 27.0. The molecule has 1 radical (unpaired) electrons. The number of ketones is 1. The molecule has 3 aromatic heterocycles. The van der Waals surface area contributed by atoms with E-state index in [1.807, 2.05) is 64.1 Å². The second-order valence-corrected chi connectivity index (χ2v) is 10.1. The number of fused-ring (bicyclic) bond motifs is 3. The van der Waals surface area contributed by atoms with Crippen LogP contribution in [0.2, 0.25) is 0 Å². The van der Waals surface area contributed by atoms with Crippen molar-refractivity contribution in [3.63, 3.8) is 0 Å². The normalized spacial score (nSPS) is 14.2. The molecule has 5 rings (SSSR count). The van der Waals surface area contributed by atoms with Crippen molar-refractivity contribution in [1.29, 1.82) is 0 Å². The van der Waals surface area contributed by atoms with Crippen molar-refractivity contribution >= 4 is 27.9 Å². The number of pyridine rings is 2. The second-order valence-electron chi connectivity index (χ2n) is 10.1. The molecule has 2 unspecified atom stereocenters. The molecule has 0 spiro atoms. The van der Waals surface area contributed by atoms with E-state index in [0.717, 1.165) is 46.0 Å². The van der Waals surface area contributed by atoms with Gasteiger partial charge in [-0.05, 0) is 67.2 Å². The van der Waals surface area contributed by atoms with Crippen molar-refractivity contribution in [1.82, 2.24) is 9.97 Å². The molecule has 2 aromatic carbocycles. The summed E-state index contributed by atoms with van der Waals surface area (Å²) < 4.78 is 28.8. The number of nitrogens with zero attached hydrogens (tertiary/aromatic N) is 2. The number of carbonyl (C=O) groups excluding carboxylic acids is 1. The molecular formula is C35H37IrN2O3-. The molecule has 5 aromatic rings. The zero-order chi connectivity index (χ0) is 31.3. The number of hydrogen-bond acceptors (Lipinski definition) is 5. The molecule has 0 bridgehead atoms. The molecule has 6 heteroatoms. The standard InChI is InChI=1S/C24H17N2O.C11H20O2.Ir/c1-15-6-3-4-7-18(15)17-12-13-25-22(14-17)21-9-5-8-19-20-11-10-16(2)26-24(20)27-23(19)21;1-5-8(3)10(12)7-11(13)9(4)6-2;/h3-8,10-14H,1-2H3;7-9,12H,5-6H2,1-4H3;/q-1;;/b;10-7-;/i2D3;;. The van der Waals surface area contributed by atoms with Gasteiger partial charge < -0.3 is 14.5 Å². The van der Waals surface area contributed by atoms with E-state index >= 15 is 0 Å². The van der Waals surface area contributed by atoms with Gasteiger partial charge >= 0.3 is 0 Å². The molecule has 1 N–H and O–H groups in total. The first-order chi connectivity index (χ1) is 20.4.